The van der Waals surface area contributed by atoms with Crippen LogP contribution in [0.15, 0.2) is 30.3 Å². The summed E-state index contributed by atoms with van der Waals surface area (Å²) < 4.78 is 5.37. The van der Waals surface area contributed by atoms with Crippen LogP contribution in [0, 0.1) is 0 Å². The second-order valence-corrected chi connectivity index (χ2v) is 7.39. The minimum absolute atomic E-state index is 0.0866. The molecule has 0 amide bonds. The molecule has 0 aromatic heterocycles. The molecule has 10 heteroatoms. The Morgan fingerprint density at radius 2 is 1.55 bits per heavy atom. The minimum atomic E-state index is -1.75. The van der Waals surface area contributed by atoms with Crippen LogP contribution in [0.3, 0.4) is 0 Å². The highest BCUT2D eigenvalue weighted by atomic mass is 16.5. The van der Waals surface area contributed by atoms with Crippen molar-refractivity contribution < 1.29 is 50.4 Å². The highest BCUT2D eigenvalue weighted by Gasteiger charge is 2.46. The third-order valence-electron chi connectivity index (χ3n) is 5.35. The number of carbonyl (C=O) groups excluding carboxylic acids is 1. The van der Waals surface area contributed by atoms with Gasteiger partial charge in [0.25, 0.3) is 0 Å². The molecule has 1 aliphatic rings. The Hall–Kier alpha value is -2.89. The van der Waals surface area contributed by atoms with Crippen LogP contribution in [-0.2, 0) is 11.2 Å². The predicted molar refractivity (Wildman–Crippen MR) is 105 cm³/mol. The van der Waals surface area contributed by atoms with E-state index in [9.17, 15) is 45.6 Å². The molecule has 1 aliphatic heterocycles. The van der Waals surface area contributed by atoms with Crippen molar-refractivity contribution in [1.29, 1.82) is 0 Å². The second-order valence-electron chi connectivity index (χ2n) is 7.39. The Kier molecular flexibility index (Phi) is 6.68. The van der Waals surface area contributed by atoms with Crippen molar-refractivity contribution in [3.63, 3.8) is 0 Å². The van der Waals surface area contributed by atoms with E-state index >= 15 is 0 Å². The molecule has 2 aromatic rings. The fourth-order valence-corrected chi connectivity index (χ4v) is 3.56. The number of aryl methyl sites for hydroxylation is 1. The lowest BCUT2D eigenvalue weighted by atomic mass is 9.88. The van der Waals surface area contributed by atoms with Gasteiger partial charge in [-0.25, -0.2) is 0 Å². The van der Waals surface area contributed by atoms with Gasteiger partial charge in [0, 0.05) is 6.42 Å². The Bertz CT molecular complexity index is 957. The molecule has 0 saturated carbocycles. The molecule has 168 valence electrons. The van der Waals surface area contributed by atoms with Crippen molar-refractivity contribution in [3.05, 3.63) is 47.0 Å². The van der Waals surface area contributed by atoms with Gasteiger partial charge in [-0.1, -0.05) is 6.07 Å². The number of ketones is 1. The standard InChI is InChI=1S/C21H24O10/c22-8-15-18(28)19(29)20(30)21(31-15)16-13(25)6-3-10(17(16)27)11(23)4-1-9-2-5-12(24)14(26)7-9/h2-3,5-7,15,18-22,24-30H,1,4,8H2/t15-,18-,19+,20-,21+/m1/s1. The first-order chi connectivity index (χ1) is 14.6. The lowest BCUT2D eigenvalue weighted by Crippen LogP contribution is -2.55. The number of Topliss-reactive ketones (excluding diaryl/α,β-unsaturated/α-hetero) is 1. The molecule has 10 nitrogen and oxygen atoms in total. The molecule has 8 N–H and O–H groups in total. The van der Waals surface area contributed by atoms with Crippen LogP contribution in [0.5, 0.6) is 23.0 Å². The molecular weight excluding hydrogens is 412 g/mol. The van der Waals surface area contributed by atoms with Gasteiger partial charge >= 0.3 is 0 Å². The van der Waals surface area contributed by atoms with Crippen LogP contribution in [0.4, 0.5) is 0 Å². The summed E-state index contributed by atoms with van der Waals surface area (Å²) in [7, 11) is 0. The minimum Gasteiger partial charge on any atom is -0.507 e. The first-order valence-electron chi connectivity index (χ1n) is 9.55. The number of aliphatic hydroxyl groups excluding tert-OH is 4. The number of phenols is 4. The van der Waals surface area contributed by atoms with Crippen LogP contribution < -0.4 is 0 Å². The summed E-state index contributed by atoms with van der Waals surface area (Å²) in [6, 6.07) is 6.42. The van der Waals surface area contributed by atoms with Crippen LogP contribution in [0.25, 0.3) is 0 Å². The smallest absolute Gasteiger partial charge is 0.166 e. The maximum absolute atomic E-state index is 12.7. The Morgan fingerprint density at radius 1 is 0.871 bits per heavy atom. The van der Waals surface area contributed by atoms with Crippen molar-refractivity contribution >= 4 is 5.78 Å². The topological polar surface area (TPSA) is 188 Å². The number of aliphatic hydroxyl groups is 4. The maximum atomic E-state index is 12.7. The summed E-state index contributed by atoms with van der Waals surface area (Å²) in [5, 5.41) is 79.3. The quantitative estimate of drug-likeness (QED) is 0.223. The Morgan fingerprint density at radius 3 is 2.19 bits per heavy atom. The van der Waals surface area contributed by atoms with Gasteiger partial charge in [-0.2, -0.15) is 0 Å². The number of carbonyl (C=O) groups is 1. The van der Waals surface area contributed by atoms with Crippen LogP contribution >= 0.6 is 0 Å². The largest absolute Gasteiger partial charge is 0.507 e. The van der Waals surface area contributed by atoms with Crippen molar-refractivity contribution in [2.24, 2.45) is 0 Å². The average Bonchev–Trinajstić information content (AvgIpc) is 2.74. The number of hydrogen-bond donors (Lipinski definition) is 8. The summed E-state index contributed by atoms with van der Waals surface area (Å²) in [5.41, 5.74) is 0.0360. The molecule has 1 saturated heterocycles. The first kappa shape index (κ1) is 22.8. The molecule has 2 aromatic carbocycles. The third kappa shape index (κ3) is 4.43. The molecule has 1 heterocycles. The van der Waals surface area contributed by atoms with Gasteiger partial charge in [0.2, 0.25) is 0 Å². The van der Waals surface area contributed by atoms with Gasteiger partial charge in [0.15, 0.2) is 17.3 Å². The van der Waals surface area contributed by atoms with E-state index in [4.69, 9.17) is 4.74 Å². The zero-order valence-corrected chi connectivity index (χ0v) is 16.3. The Labute approximate surface area is 176 Å². The van der Waals surface area contributed by atoms with Crippen LogP contribution in [-0.4, -0.2) is 77.7 Å². The van der Waals surface area contributed by atoms with E-state index in [1.54, 1.807) is 0 Å². The third-order valence-corrected chi connectivity index (χ3v) is 5.35. The molecule has 5 atom stereocenters. The summed E-state index contributed by atoms with van der Waals surface area (Å²) in [5.74, 6) is -2.32. The Balaban J connectivity index is 1.86. The van der Waals surface area contributed by atoms with E-state index in [2.05, 4.69) is 0 Å². The second kappa shape index (κ2) is 9.08. The van der Waals surface area contributed by atoms with Gasteiger partial charge in [-0.3, -0.25) is 4.79 Å². The zero-order chi connectivity index (χ0) is 22.9. The van der Waals surface area contributed by atoms with Gasteiger partial charge in [-0.05, 0) is 36.2 Å². The van der Waals surface area contributed by atoms with E-state index in [1.165, 1.54) is 24.3 Å². The zero-order valence-electron chi connectivity index (χ0n) is 16.3. The van der Waals surface area contributed by atoms with E-state index in [0.717, 1.165) is 6.07 Å². The van der Waals surface area contributed by atoms with Crippen LogP contribution in [0.2, 0.25) is 0 Å². The molecule has 0 spiro atoms. The SMILES string of the molecule is O=C(CCc1ccc(O)c(O)c1)c1ccc(O)c([C@@H]2O[C@H](CO)[C@@H](O)[C@H](O)[C@H]2O)c1O. The number of phenolic OH excluding ortho intramolecular Hbond substituents is 4. The molecule has 0 unspecified atom stereocenters. The number of benzene rings is 2. The predicted octanol–water partition coefficient (Wildman–Crippen LogP) is -0.161. The normalized spacial score (nSPS) is 26.0. The molecule has 1 fully saturated rings. The molecular formula is C21H24O10. The van der Waals surface area contributed by atoms with Gasteiger partial charge in [0.1, 0.15) is 42.0 Å². The fourth-order valence-electron chi connectivity index (χ4n) is 3.56. The average molecular weight is 436 g/mol. The van der Waals surface area contributed by atoms with Crippen molar-refractivity contribution in [1.82, 2.24) is 0 Å². The lowest BCUT2D eigenvalue weighted by molar-refractivity contribution is -0.232. The van der Waals surface area contributed by atoms with Crippen LogP contribution in [0.1, 0.15) is 34.0 Å². The number of hydrogen-bond acceptors (Lipinski definition) is 10. The number of aromatic hydroxyl groups is 4. The number of ether oxygens (including phenoxy) is 1. The van der Waals surface area contributed by atoms with Gasteiger partial charge < -0.3 is 45.6 Å². The van der Waals surface area contributed by atoms with E-state index in [1.807, 2.05) is 0 Å². The van der Waals surface area contributed by atoms with E-state index in [-0.39, 0.29) is 35.5 Å². The first-order valence-corrected chi connectivity index (χ1v) is 9.55. The molecule has 0 aliphatic carbocycles. The molecule has 0 radical (unpaired) electrons. The van der Waals surface area contributed by atoms with Crippen molar-refractivity contribution in [3.8, 4) is 23.0 Å². The molecule has 0 bridgehead atoms. The van der Waals surface area contributed by atoms with Crippen molar-refractivity contribution in [2.45, 2.75) is 43.4 Å². The monoisotopic (exact) mass is 436 g/mol. The maximum Gasteiger partial charge on any atom is 0.166 e. The summed E-state index contributed by atoms with van der Waals surface area (Å²) >= 11 is 0. The van der Waals surface area contributed by atoms with E-state index in [0.29, 0.717) is 5.56 Å². The highest BCUT2D eigenvalue weighted by Crippen LogP contribution is 2.43. The highest BCUT2D eigenvalue weighted by molar-refractivity contribution is 5.99. The van der Waals surface area contributed by atoms with E-state index < -0.39 is 54.4 Å². The lowest BCUT2D eigenvalue weighted by Gasteiger charge is -2.40. The molecule has 31 heavy (non-hydrogen) atoms. The number of rotatable bonds is 6. The summed E-state index contributed by atoms with van der Waals surface area (Å²) in [4.78, 5) is 12.7. The fraction of sp³-hybridized carbons (Fsp3) is 0.381. The summed E-state index contributed by atoms with van der Waals surface area (Å²) in [6.45, 7) is -0.693. The summed E-state index contributed by atoms with van der Waals surface area (Å²) in [6.07, 6.45) is -7.77. The molecule has 3 rings (SSSR count). The van der Waals surface area contributed by atoms with Gasteiger partial charge in [0.05, 0.1) is 17.7 Å². The van der Waals surface area contributed by atoms with Gasteiger partial charge in [-0.15, -0.1) is 0 Å². The van der Waals surface area contributed by atoms with Crippen molar-refractivity contribution in [2.75, 3.05) is 6.61 Å².